The molecule has 0 spiro atoms. The van der Waals surface area contributed by atoms with E-state index in [9.17, 15) is 0 Å². The van der Waals surface area contributed by atoms with E-state index in [1.807, 2.05) is 31.2 Å². The normalized spacial score (nSPS) is 15.2. The van der Waals surface area contributed by atoms with Crippen LogP contribution in [0.2, 0.25) is 5.02 Å². The van der Waals surface area contributed by atoms with Gasteiger partial charge >= 0.3 is 0 Å². The van der Waals surface area contributed by atoms with Crippen LogP contribution in [-0.4, -0.2) is 13.2 Å². The number of hydrogen-bond acceptors (Lipinski definition) is 3. The first-order chi connectivity index (χ1) is 10.6. The van der Waals surface area contributed by atoms with Crippen LogP contribution in [0.3, 0.4) is 0 Å². The van der Waals surface area contributed by atoms with Crippen LogP contribution in [-0.2, 0) is 16.1 Å². The van der Waals surface area contributed by atoms with Gasteiger partial charge in [0.1, 0.15) is 12.4 Å². The fraction of sp³-hybridized carbons (Fsp3) is 0.333. The maximum Gasteiger partial charge on any atom is 0.184 e. The molecule has 1 aliphatic rings. The lowest BCUT2D eigenvalue weighted by Gasteiger charge is -2.16. The second-order valence-electron chi connectivity index (χ2n) is 5.47. The number of aryl methyl sites for hydroxylation is 2. The third-order valence-corrected chi connectivity index (χ3v) is 3.95. The van der Waals surface area contributed by atoms with Crippen molar-refractivity contribution in [1.82, 2.24) is 0 Å². The predicted molar refractivity (Wildman–Crippen MR) is 86.3 cm³/mol. The van der Waals surface area contributed by atoms with Crippen molar-refractivity contribution in [3.63, 3.8) is 0 Å². The van der Waals surface area contributed by atoms with Gasteiger partial charge in [-0.2, -0.15) is 0 Å². The highest BCUT2D eigenvalue weighted by Gasteiger charge is 2.22. The summed E-state index contributed by atoms with van der Waals surface area (Å²) in [7, 11) is 0. The van der Waals surface area contributed by atoms with Crippen LogP contribution >= 0.6 is 11.6 Å². The van der Waals surface area contributed by atoms with Crippen molar-refractivity contribution >= 4 is 11.6 Å². The van der Waals surface area contributed by atoms with Crippen molar-refractivity contribution in [3.8, 4) is 5.75 Å². The van der Waals surface area contributed by atoms with Gasteiger partial charge in [-0.3, -0.25) is 0 Å². The molecule has 0 N–H and O–H groups in total. The van der Waals surface area contributed by atoms with Crippen LogP contribution in [0.1, 0.15) is 28.5 Å². The van der Waals surface area contributed by atoms with Crippen molar-refractivity contribution in [2.45, 2.75) is 26.7 Å². The van der Waals surface area contributed by atoms with E-state index in [-0.39, 0.29) is 6.29 Å². The predicted octanol–water partition coefficient (Wildman–Crippen LogP) is 4.58. The maximum atomic E-state index is 6.11. The van der Waals surface area contributed by atoms with E-state index < -0.39 is 0 Å². The molecule has 0 unspecified atom stereocenters. The number of benzene rings is 2. The Hall–Kier alpha value is -1.55. The fourth-order valence-electron chi connectivity index (χ4n) is 2.47. The second kappa shape index (κ2) is 6.69. The Bertz CT molecular complexity index is 663. The van der Waals surface area contributed by atoms with Crippen molar-refractivity contribution in [1.29, 1.82) is 0 Å². The highest BCUT2D eigenvalue weighted by atomic mass is 35.5. The third-order valence-electron chi connectivity index (χ3n) is 3.71. The first-order valence-electron chi connectivity index (χ1n) is 7.35. The zero-order valence-corrected chi connectivity index (χ0v) is 13.5. The monoisotopic (exact) mass is 318 g/mol. The Morgan fingerprint density at radius 2 is 1.86 bits per heavy atom. The molecule has 0 atom stereocenters. The molecule has 0 saturated carbocycles. The first-order valence-corrected chi connectivity index (χ1v) is 7.73. The van der Waals surface area contributed by atoms with E-state index in [1.165, 1.54) is 5.56 Å². The molecular formula is C18H19ClO3. The quantitative estimate of drug-likeness (QED) is 0.825. The standard InChI is InChI=1S/C18H19ClO3/c1-12-3-4-13(2)17(9-12)22-11-14-5-6-15(19)10-16(14)18-20-7-8-21-18/h3-6,9-10,18H,7-8,11H2,1-2H3. The summed E-state index contributed by atoms with van der Waals surface area (Å²) < 4.78 is 17.2. The van der Waals surface area contributed by atoms with Gasteiger partial charge in [0.2, 0.25) is 0 Å². The second-order valence-corrected chi connectivity index (χ2v) is 5.91. The summed E-state index contributed by atoms with van der Waals surface area (Å²) >= 11 is 6.11. The summed E-state index contributed by atoms with van der Waals surface area (Å²) in [4.78, 5) is 0. The molecule has 1 heterocycles. The van der Waals surface area contributed by atoms with Crippen molar-refractivity contribution in [2.75, 3.05) is 13.2 Å². The van der Waals surface area contributed by atoms with Crippen LogP contribution in [0.5, 0.6) is 5.75 Å². The third kappa shape index (κ3) is 3.43. The van der Waals surface area contributed by atoms with Gasteiger partial charge in [0.15, 0.2) is 6.29 Å². The van der Waals surface area contributed by atoms with Gasteiger partial charge in [-0.25, -0.2) is 0 Å². The number of hydrogen-bond donors (Lipinski definition) is 0. The molecule has 0 bridgehead atoms. The van der Waals surface area contributed by atoms with Crippen LogP contribution in [0.25, 0.3) is 0 Å². The largest absolute Gasteiger partial charge is 0.489 e. The summed E-state index contributed by atoms with van der Waals surface area (Å²) in [6, 6.07) is 11.9. The highest BCUT2D eigenvalue weighted by molar-refractivity contribution is 6.30. The Balaban J connectivity index is 1.81. The first kappa shape index (κ1) is 15.3. The summed E-state index contributed by atoms with van der Waals surface area (Å²) in [6.07, 6.45) is -0.351. The summed E-state index contributed by atoms with van der Waals surface area (Å²) in [6.45, 7) is 5.77. The Kier molecular flexibility index (Phi) is 4.67. The van der Waals surface area contributed by atoms with Gasteiger partial charge in [-0.1, -0.05) is 29.8 Å². The zero-order chi connectivity index (χ0) is 15.5. The number of rotatable bonds is 4. The van der Waals surface area contributed by atoms with Crippen molar-refractivity contribution in [3.05, 3.63) is 63.7 Å². The Labute approximate surface area is 135 Å². The molecule has 1 saturated heterocycles. The summed E-state index contributed by atoms with van der Waals surface area (Å²) in [5, 5.41) is 0.671. The van der Waals surface area contributed by atoms with Crippen molar-refractivity contribution in [2.24, 2.45) is 0 Å². The van der Waals surface area contributed by atoms with E-state index in [1.54, 1.807) is 0 Å². The smallest absolute Gasteiger partial charge is 0.184 e. The minimum Gasteiger partial charge on any atom is -0.489 e. The molecule has 3 rings (SSSR count). The Morgan fingerprint density at radius 3 is 2.64 bits per heavy atom. The fourth-order valence-corrected chi connectivity index (χ4v) is 2.65. The molecule has 0 aromatic heterocycles. The van der Waals surface area contributed by atoms with Crippen LogP contribution in [0.15, 0.2) is 36.4 Å². The van der Waals surface area contributed by atoms with E-state index in [4.69, 9.17) is 25.8 Å². The van der Waals surface area contributed by atoms with Crippen LogP contribution in [0, 0.1) is 13.8 Å². The maximum absolute atomic E-state index is 6.11. The zero-order valence-electron chi connectivity index (χ0n) is 12.8. The lowest BCUT2D eigenvalue weighted by molar-refractivity contribution is -0.0451. The molecule has 4 heteroatoms. The molecule has 22 heavy (non-hydrogen) atoms. The lowest BCUT2D eigenvalue weighted by atomic mass is 10.1. The van der Waals surface area contributed by atoms with Gasteiger partial charge in [0, 0.05) is 10.6 Å². The van der Waals surface area contributed by atoms with Gasteiger partial charge in [-0.05, 0) is 48.7 Å². The van der Waals surface area contributed by atoms with Crippen molar-refractivity contribution < 1.29 is 14.2 Å². The lowest BCUT2D eigenvalue weighted by Crippen LogP contribution is -2.06. The average Bonchev–Trinajstić information content (AvgIpc) is 3.03. The molecule has 1 aliphatic heterocycles. The van der Waals surface area contributed by atoms with Gasteiger partial charge in [0.25, 0.3) is 0 Å². The van der Waals surface area contributed by atoms with E-state index in [0.29, 0.717) is 24.8 Å². The molecule has 2 aromatic carbocycles. The summed E-state index contributed by atoms with van der Waals surface area (Å²) in [5.74, 6) is 0.897. The van der Waals surface area contributed by atoms with E-state index in [2.05, 4.69) is 19.1 Å². The molecule has 116 valence electrons. The molecule has 0 amide bonds. The molecular weight excluding hydrogens is 300 g/mol. The number of ether oxygens (including phenoxy) is 3. The Morgan fingerprint density at radius 1 is 1.09 bits per heavy atom. The highest BCUT2D eigenvalue weighted by Crippen LogP contribution is 2.30. The average molecular weight is 319 g/mol. The minimum absolute atomic E-state index is 0.351. The minimum atomic E-state index is -0.351. The van der Waals surface area contributed by atoms with E-state index >= 15 is 0 Å². The van der Waals surface area contributed by atoms with Crippen LogP contribution < -0.4 is 4.74 Å². The van der Waals surface area contributed by atoms with Gasteiger partial charge in [-0.15, -0.1) is 0 Å². The molecule has 0 aliphatic carbocycles. The van der Waals surface area contributed by atoms with E-state index in [0.717, 1.165) is 22.4 Å². The topological polar surface area (TPSA) is 27.7 Å². The SMILES string of the molecule is Cc1ccc(C)c(OCc2ccc(Cl)cc2C2OCCO2)c1. The number of halogens is 1. The van der Waals surface area contributed by atoms with Gasteiger partial charge in [0.05, 0.1) is 13.2 Å². The molecule has 0 radical (unpaired) electrons. The molecule has 2 aromatic rings. The van der Waals surface area contributed by atoms with Gasteiger partial charge < -0.3 is 14.2 Å². The molecule has 1 fully saturated rings. The molecule has 3 nitrogen and oxygen atoms in total. The summed E-state index contributed by atoms with van der Waals surface area (Å²) in [5.41, 5.74) is 4.27. The van der Waals surface area contributed by atoms with Crippen LogP contribution in [0.4, 0.5) is 0 Å².